The Hall–Kier alpha value is -1.70. The molecule has 0 unspecified atom stereocenters. The summed E-state index contributed by atoms with van der Waals surface area (Å²) in [6.07, 6.45) is 0.675. The van der Waals surface area contributed by atoms with Gasteiger partial charge in [-0.1, -0.05) is 6.92 Å². The maximum absolute atomic E-state index is 10.8. The molecule has 0 spiro atoms. The number of anilines is 1. The van der Waals surface area contributed by atoms with E-state index in [0.717, 1.165) is 18.7 Å². The van der Waals surface area contributed by atoms with Crippen LogP contribution >= 0.6 is 0 Å². The summed E-state index contributed by atoms with van der Waals surface area (Å²) in [5.41, 5.74) is 4.05. The topological polar surface area (TPSA) is 105 Å². The van der Waals surface area contributed by atoms with Crippen molar-refractivity contribution in [3.63, 3.8) is 0 Å². The van der Waals surface area contributed by atoms with Crippen LogP contribution in [0.3, 0.4) is 0 Å². The van der Waals surface area contributed by atoms with Crippen LogP contribution in [-0.2, 0) is 6.54 Å². The molecule has 0 amide bonds. The SMILES string of the molecule is CCN(CCCO)Cc1cc([N+](=O)[O-])ccc1NN. The number of nitrogens with zero attached hydrogens (tertiary/aromatic N) is 2. The first-order valence-electron chi connectivity index (χ1n) is 6.19. The van der Waals surface area contributed by atoms with Crippen LogP contribution in [0, 0.1) is 10.1 Å². The lowest BCUT2D eigenvalue weighted by molar-refractivity contribution is -0.384. The molecule has 1 aromatic rings. The summed E-state index contributed by atoms with van der Waals surface area (Å²) in [6.45, 7) is 4.22. The van der Waals surface area contributed by atoms with E-state index in [1.807, 2.05) is 6.92 Å². The highest BCUT2D eigenvalue weighted by molar-refractivity contribution is 5.55. The highest BCUT2D eigenvalue weighted by Gasteiger charge is 2.12. The van der Waals surface area contributed by atoms with E-state index in [0.29, 0.717) is 18.7 Å². The van der Waals surface area contributed by atoms with Gasteiger partial charge in [-0.05, 0) is 24.6 Å². The first-order chi connectivity index (χ1) is 9.12. The second-order valence-electron chi connectivity index (χ2n) is 4.19. The predicted octanol–water partition coefficient (Wildman–Crippen LogP) is 1.08. The molecule has 0 atom stereocenters. The van der Waals surface area contributed by atoms with E-state index < -0.39 is 4.92 Å². The summed E-state index contributed by atoms with van der Waals surface area (Å²) in [6, 6.07) is 4.55. The van der Waals surface area contributed by atoms with Crippen molar-refractivity contribution in [1.29, 1.82) is 0 Å². The van der Waals surface area contributed by atoms with Gasteiger partial charge in [-0.25, -0.2) is 0 Å². The molecule has 4 N–H and O–H groups in total. The number of aliphatic hydroxyl groups excluding tert-OH is 1. The normalized spacial score (nSPS) is 10.7. The van der Waals surface area contributed by atoms with E-state index in [2.05, 4.69) is 10.3 Å². The summed E-state index contributed by atoms with van der Waals surface area (Å²) in [7, 11) is 0. The number of non-ortho nitro benzene ring substituents is 1. The van der Waals surface area contributed by atoms with Crippen LogP contribution < -0.4 is 11.3 Å². The van der Waals surface area contributed by atoms with Gasteiger partial charge in [0.15, 0.2) is 0 Å². The van der Waals surface area contributed by atoms with Gasteiger partial charge >= 0.3 is 0 Å². The van der Waals surface area contributed by atoms with Gasteiger partial charge in [-0.15, -0.1) is 0 Å². The molecule has 0 heterocycles. The molecule has 0 radical (unpaired) electrons. The van der Waals surface area contributed by atoms with E-state index in [-0.39, 0.29) is 12.3 Å². The fourth-order valence-corrected chi connectivity index (χ4v) is 1.85. The Morgan fingerprint density at radius 2 is 2.26 bits per heavy atom. The third-order valence-electron chi connectivity index (χ3n) is 2.93. The number of hydrogen-bond acceptors (Lipinski definition) is 6. The lowest BCUT2D eigenvalue weighted by Crippen LogP contribution is -2.25. The number of nitrogens with one attached hydrogen (secondary N) is 1. The standard InChI is InChI=1S/C12H20N4O3/c1-2-15(6-3-7-17)9-10-8-11(16(18)19)4-5-12(10)14-13/h4-5,8,14,17H,2-3,6-7,9,13H2,1H3. The zero-order valence-corrected chi connectivity index (χ0v) is 11.0. The number of rotatable bonds is 8. The Morgan fingerprint density at radius 1 is 1.53 bits per heavy atom. The molecular formula is C12H20N4O3. The summed E-state index contributed by atoms with van der Waals surface area (Å²) < 4.78 is 0. The monoisotopic (exact) mass is 268 g/mol. The van der Waals surface area contributed by atoms with Crippen LogP contribution in [0.15, 0.2) is 18.2 Å². The van der Waals surface area contributed by atoms with Crippen LogP contribution in [0.25, 0.3) is 0 Å². The third kappa shape index (κ3) is 4.47. The fraction of sp³-hybridized carbons (Fsp3) is 0.500. The number of nitro benzene ring substituents is 1. The van der Waals surface area contributed by atoms with E-state index >= 15 is 0 Å². The number of nitrogen functional groups attached to an aromatic ring is 1. The van der Waals surface area contributed by atoms with Gasteiger partial charge in [0.2, 0.25) is 0 Å². The first kappa shape index (κ1) is 15.4. The Bertz CT molecular complexity index is 425. The number of nitro groups is 1. The Kier molecular flexibility index (Phi) is 6.20. The quantitative estimate of drug-likeness (QED) is 0.370. The Balaban J connectivity index is 2.89. The van der Waals surface area contributed by atoms with Gasteiger partial charge in [0.1, 0.15) is 0 Å². The van der Waals surface area contributed by atoms with Crippen LogP contribution in [0.2, 0.25) is 0 Å². The molecule has 106 valence electrons. The van der Waals surface area contributed by atoms with E-state index in [1.165, 1.54) is 12.1 Å². The highest BCUT2D eigenvalue weighted by Crippen LogP contribution is 2.22. The molecule has 0 saturated heterocycles. The lowest BCUT2D eigenvalue weighted by Gasteiger charge is -2.21. The molecule has 0 bridgehead atoms. The zero-order chi connectivity index (χ0) is 14.3. The van der Waals surface area contributed by atoms with E-state index in [4.69, 9.17) is 10.9 Å². The van der Waals surface area contributed by atoms with Crippen LogP contribution in [0.4, 0.5) is 11.4 Å². The van der Waals surface area contributed by atoms with Crippen molar-refractivity contribution in [1.82, 2.24) is 4.90 Å². The van der Waals surface area contributed by atoms with E-state index in [1.54, 1.807) is 6.07 Å². The number of benzene rings is 1. The largest absolute Gasteiger partial charge is 0.396 e. The zero-order valence-electron chi connectivity index (χ0n) is 11.0. The summed E-state index contributed by atoms with van der Waals surface area (Å²) in [5, 5.41) is 19.6. The average molecular weight is 268 g/mol. The predicted molar refractivity (Wildman–Crippen MR) is 73.6 cm³/mol. The molecule has 0 aliphatic heterocycles. The molecule has 0 aliphatic carbocycles. The molecule has 1 rings (SSSR count). The number of aliphatic hydroxyl groups is 1. The molecule has 7 heteroatoms. The molecule has 0 saturated carbocycles. The minimum atomic E-state index is -0.423. The van der Waals surface area contributed by atoms with Crippen molar-refractivity contribution in [2.75, 3.05) is 25.1 Å². The van der Waals surface area contributed by atoms with Crippen LogP contribution in [0.1, 0.15) is 18.9 Å². The van der Waals surface area contributed by atoms with Crippen LogP contribution in [0.5, 0.6) is 0 Å². The summed E-state index contributed by atoms with van der Waals surface area (Å²) >= 11 is 0. The van der Waals surface area contributed by atoms with Gasteiger partial charge in [0.25, 0.3) is 5.69 Å². The number of nitrogens with two attached hydrogens (primary N) is 1. The fourth-order valence-electron chi connectivity index (χ4n) is 1.85. The van der Waals surface area contributed by atoms with Gasteiger partial charge in [-0.3, -0.25) is 20.9 Å². The van der Waals surface area contributed by atoms with Crippen molar-refractivity contribution in [3.05, 3.63) is 33.9 Å². The molecule has 0 fully saturated rings. The van der Waals surface area contributed by atoms with Crippen molar-refractivity contribution in [2.24, 2.45) is 5.84 Å². The van der Waals surface area contributed by atoms with Gasteiger partial charge in [0, 0.05) is 31.8 Å². The Labute approximate surface area is 112 Å². The summed E-state index contributed by atoms with van der Waals surface area (Å²) in [4.78, 5) is 12.5. The van der Waals surface area contributed by atoms with Crippen molar-refractivity contribution in [3.8, 4) is 0 Å². The highest BCUT2D eigenvalue weighted by atomic mass is 16.6. The van der Waals surface area contributed by atoms with Crippen molar-refractivity contribution >= 4 is 11.4 Å². The first-order valence-corrected chi connectivity index (χ1v) is 6.19. The molecule has 19 heavy (non-hydrogen) atoms. The molecule has 7 nitrogen and oxygen atoms in total. The minimum Gasteiger partial charge on any atom is -0.396 e. The van der Waals surface area contributed by atoms with Gasteiger partial charge in [0.05, 0.1) is 10.6 Å². The van der Waals surface area contributed by atoms with Crippen LogP contribution in [-0.4, -0.2) is 34.6 Å². The average Bonchev–Trinajstić information content (AvgIpc) is 2.43. The molecule has 1 aromatic carbocycles. The number of hydrogen-bond donors (Lipinski definition) is 3. The smallest absolute Gasteiger partial charge is 0.269 e. The van der Waals surface area contributed by atoms with Crippen molar-refractivity contribution < 1.29 is 10.0 Å². The maximum atomic E-state index is 10.8. The minimum absolute atomic E-state index is 0.0483. The molecular weight excluding hydrogens is 248 g/mol. The Morgan fingerprint density at radius 3 is 2.79 bits per heavy atom. The van der Waals surface area contributed by atoms with Gasteiger partial charge < -0.3 is 10.5 Å². The second kappa shape index (κ2) is 7.67. The third-order valence-corrected chi connectivity index (χ3v) is 2.93. The lowest BCUT2D eigenvalue weighted by atomic mass is 10.1. The summed E-state index contributed by atoms with van der Waals surface area (Å²) in [5.74, 6) is 5.42. The van der Waals surface area contributed by atoms with Gasteiger partial charge in [-0.2, -0.15) is 0 Å². The number of hydrazine groups is 1. The maximum Gasteiger partial charge on any atom is 0.269 e. The van der Waals surface area contributed by atoms with E-state index in [9.17, 15) is 10.1 Å². The molecule has 0 aliphatic rings. The van der Waals surface area contributed by atoms with Crippen molar-refractivity contribution in [2.45, 2.75) is 19.9 Å². The molecule has 0 aromatic heterocycles. The second-order valence-corrected chi connectivity index (χ2v) is 4.19.